The van der Waals surface area contributed by atoms with Gasteiger partial charge in [-0.15, -0.1) is 11.3 Å². The topological polar surface area (TPSA) is 74.3 Å². The zero-order chi connectivity index (χ0) is 21.3. The van der Waals surface area contributed by atoms with Gasteiger partial charge >= 0.3 is 12.2 Å². The number of para-hydroxylation sites is 1. The van der Waals surface area contributed by atoms with Gasteiger partial charge in [-0.1, -0.05) is 29.5 Å². The number of thiazole rings is 1. The van der Waals surface area contributed by atoms with Gasteiger partial charge in [0.2, 0.25) is 0 Å². The summed E-state index contributed by atoms with van der Waals surface area (Å²) in [5, 5.41) is 7.34. The van der Waals surface area contributed by atoms with Crippen LogP contribution in [0.5, 0.6) is 0 Å². The fourth-order valence-electron chi connectivity index (χ4n) is 3.02. The molecule has 0 saturated carbocycles. The number of anilines is 2. The standard InChI is InChI=1S/C19H15F3N4O2S2/c20-19(21,22)11-4-1-2-5-12(11)24-18(28)26-8-7-13-15(10-26)30-17(23-13)25-16(27)14-6-3-9-29-14/h1-6,9H,7-8,10H2,(H,24,28)(H,23,25,27). The van der Waals surface area contributed by atoms with Crippen LogP contribution in [0.25, 0.3) is 0 Å². The molecule has 2 N–H and O–H groups in total. The lowest BCUT2D eigenvalue weighted by Gasteiger charge is -2.26. The van der Waals surface area contributed by atoms with Crippen LogP contribution >= 0.6 is 22.7 Å². The Balaban J connectivity index is 1.44. The fraction of sp³-hybridized carbons (Fsp3) is 0.211. The van der Waals surface area contributed by atoms with Gasteiger partial charge in [-0.3, -0.25) is 10.1 Å². The molecule has 6 nitrogen and oxygen atoms in total. The Morgan fingerprint density at radius 2 is 1.90 bits per heavy atom. The molecule has 0 bridgehead atoms. The van der Waals surface area contributed by atoms with Gasteiger partial charge in [-0.25, -0.2) is 9.78 Å². The minimum atomic E-state index is -4.56. The number of rotatable bonds is 3. The molecule has 0 unspecified atom stereocenters. The third-order valence-corrected chi connectivity index (χ3v) is 6.32. The number of benzene rings is 1. The molecule has 2 aromatic heterocycles. The van der Waals surface area contributed by atoms with Crippen LogP contribution in [-0.2, 0) is 19.1 Å². The summed E-state index contributed by atoms with van der Waals surface area (Å²) in [5.74, 6) is -0.255. The second kappa shape index (κ2) is 8.07. The number of nitrogens with one attached hydrogen (secondary N) is 2. The zero-order valence-corrected chi connectivity index (χ0v) is 17.0. The van der Waals surface area contributed by atoms with E-state index in [1.165, 1.54) is 45.8 Å². The van der Waals surface area contributed by atoms with Crippen LogP contribution in [0.1, 0.15) is 25.8 Å². The number of halogens is 3. The molecule has 3 heterocycles. The van der Waals surface area contributed by atoms with Gasteiger partial charge < -0.3 is 10.2 Å². The van der Waals surface area contributed by atoms with Gasteiger partial charge in [0.1, 0.15) is 0 Å². The van der Waals surface area contributed by atoms with E-state index in [1.807, 2.05) is 0 Å². The molecular formula is C19H15F3N4O2S2. The summed E-state index contributed by atoms with van der Waals surface area (Å²) in [4.78, 5) is 31.9. The first-order chi connectivity index (χ1) is 14.3. The van der Waals surface area contributed by atoms with E-state index in [4.69, 9.17) is 0 Å². The first kappa shape index (κ1) is 20.4. The molecule has 0 saturated heterocycles. The smallest absolute Gasteiger partial charge is 0.319 e. The summed E-state index contributed by atoms with van der Waals surface area (Å²) < 4.78 is 39.4. The van der Waals surface area contributed by atoms with Crippen molar-refractivity contribution in [2.24, 2.45) is 0 Å². The number of thiophene rings is 1. The maximum absolute atomic E-state index is 13.1. The maximum Gasteiger partial charge on any atom is 0.418 e. The number of nitrogens with zero attached hydrogens (tertiary/aromatic N) is 2. The molecule has 3 amide bonds. The average Bonchev–Trinajstić information content (AvgIpc) is 3.36. The van der Waals surface area contributed by atoms with Crippen molar-refractivity contribution in [1.29, 1.82) is 0 Å². The van der Waals surface area contributed by atoms with Crippen molar-refractivity contribution in [3.63, 3.8) is 0 Å². The van der Waals surface area contributed by atoms with E-state index >= 15 is 0 Å². The Morgan fingerprint density at radius 3 is 2.63 bits per heavy atom. The molecule has 0 spiro atoms. The third-order valence-electron chi connectivity index (χ3n) is 4.46. The summed E-state index contributed by atoms with van der Waals surface area (Å²) in [6.45, 7) is 0.525. The molecule has 30 heavy (non-hydrogen) atoms. The fourth-order valence-corrected chi connectivity index (χ4v) is 4.66. The van der Waals surface area contributed by atoms with E-state index in [9.17, 15) is 22.8 Å². The number of aromatic nitrogens is 1. The Hall–Kier alpha value is -2.92. The van der Waals surface area contributed by atoms with Crippen molar-refractivity contribution in [3.05, 3.63) is 62.8 Å². The van der Waals surface area contributed by atoms with Crippen LogP contribution in [0.15, 0.2) is 41.8 Å². The predicted octanol–water partition coefficient (Wildman–Crippen LogP) is 5.07. The van der Waals surface area contributed by atoms with E-state index < -0.39 is 17.8 Å². The summed E-state index contributed by atoms with van der Waals surface area (Å²) >= 11 is 2.57. The third kappa shape index (κ3) is 4.31. The minimum absolute atomic E-state index is 0.210. The number of urea groups is 1. The summed E-state index contributed by atoms with van der Waals surface area (Å²) in [5.41, 5.74) is -0.400. The first-order valence-electron chi connectivity index (χ1n) is 8.87. The monoisotopic (exact) mass is 452 g/mol. The molecule has 0 aliphatic carbocycles. The highest BCUT2D eigenvalue weighted by molar-refractivity contribution is 7.16. The van der Waals surface area contributed by atoms with Crippen molar-refractivity contribution >= 4 is 45.4 Å². The molecular weight excluding hydrogens is 437 g/mol. The van der Waals surface area contributed by atoms with Crippen molar-refractivity contribution in [2.45, 2.75) is 19.1 Å². The van der Waals surface area contributed by atoms with E-state index in [-0.39, 0.29) is 18.1 Å². The highest BCUT2D eigenvalue weighted by atomic mass is 32.1. The van der Waals surface area contributed by atoms with Gasteiger partial charge in [-0.05, 0) is 23.6 Å². The van der Waals surface area contributed by atoms with Gasteiger partial charge in [0.25, 0.3) is 5.91 Å². The van der Waals surface area contributed by atoms with Crippen LogP contribution in [-0.4, -0.2) is 28.4 Å². The van der Waals surface area contributed by atoms with Crippen molar-refractivity contribution in [3.8, 4) is 0 Å². The lowest BCUT2D eigenvalue weighted by Crippen LogP contribution is -2.38. The Bertz CT molecular complexity index is 1080. The molecule has 0 atom stereocenters. The number of alkyl halides is 3. The quantitative estimate of drug-likeness (QED) is 0.583. The minimum Gasteiger partial charge on any atom is -0.319 e. The largest absolute Gasteiger partial charge is 0.418 e. The molecule has 1 aliphatic rings. The highest BCUT2D eigenvalue weighted by Crippen LogP contribution is 2.35. The molecule has 156 valence electrons. The van der Waals surface area contributed by atoms with Gasteiger partial charge in [-0.2, -0.15) is 13.2 Å². The second-order valence-electron chi connectivity index (χ2n) is 6.47. The summed E-state index contributed by atoms with van der Waals surface area (Å²) in [6, 6.07) is 7.73. The van der Waals surface area contributed by atoms with E-state index in [2.05, 4.69) is 15.6 Å². The summed E-state index contributed by atoms with van der Waals surface area (Å²) in [6.07, 6.45) is -4.11. The van der Waals surface area contributed by atoms with Crippen LogP contribution in [0.3, 0.4) is 0 Å². The average molecular weight is 452 g/mol. The zero-order valence-electron chi connectivity index (χ0n) is 15.3. The molecule has 4 rings (SSSR count). The number of fused-ring (bicyclic) bond motifs is 1. The normalized spacial score (nSPS) is 13.6. The van der Waals surface area contributed by atoms with E-state index in [0.29, 0.717) is 23.0 Å². The molecule has 0 fully saturated rings. The van der Waals surface area contributed by atoms with Gasteiger partial charge in [0.15, 0.2) is 5.13 Å². The second-order valence-corrected chi connectivity index (χ2v) is 8.50. The van der Waals surface area contributed by atoms with Crippen LogP contribution in [0, 0.1) is 0 Å². The molecule has 1 aliphatic heterocycles. The SMILES string of the molecule is O=C(Nc1nc2c(s1)CN(C(=O)Nc1ccccc1C(F)(F)F)CC2)c1cccs1. The predicted molar refractivity (Wildman–Crippen MR) is 109 cm³/mol. The van der Waals surface area contributed by atoms with E-state index in [1.54, 1.807) is 17.5 Å². The number of hydrogen-bond acceptors (Lipinski definition) is 5. The van der Waals surface area contributed by atoms with Crippen molar-refractivity contribution in [2.75, 3.05) is 17.2 Å². The van der Waals surface area contributed by atoms with Gasteiger partial charge in [0.05, 0.1) is 28.4 Å². The molecule has 3 aromatic rings. The van der Waals surface area contributed by atoms with E-state index in [0.717, 1.165) is 16.6 Å². The van der Waals surface area contributed by atoms with Crippen molar-refractivity contribution in [1.82, 2.24) is 9.88 Å². The van der Waals surface area contributed by atoms with Crippen LogP contribution in [0.4, 0.5) is 28.8 Å². The maximum atomic E-state index is 13.1. The summed E-state index contributed by atoms with van der Waals surface area (Å²) in [7, 11) is 0. The number of amides is 3. The van der Waals surface area contributed by atoms with Gasteiger partial charge in [0, 0.05) is 17.8 Å². The van der Waals surface area contributed by atoms with Crippen LogP contribution < -0.4 is 10.6 Å². The Morgan fingerprint density at radius 1 is 1.10 bits per heavy atom. The number of carbonyl (C=O) groups excluding carboxylic acids is 2. The molecule has 1 aromatic carbocycles. The first-order valence-corrected chi connectivity index (χ1v) is 10.6. The lowest BCUT2D eigenvalue weighted by molar-refractivity contribution is -0.136. The number of hydrogen-bond donors (Lipinski definition) is 2. The molecule has 11 heteroatoms. The number of carbonyl (C=O) groups is 2. The Kier molecular flexibility index (Phi) is 5.48. The molecule has 0 radical (unpaired) electrons. The highest BCUT2D eigenvalue weighted by Gasteiger charge is 2.34. The van der Waals surface area contributed by atoms with Crippen molar-refractivity contribution < 1.29 is 22.8 Å². The van der Waals surface area contributed by atoms with Crippen LogP contribution in [0.2, 0.25) is 0 Å². The lowest BCUT2D eigenvalue weighted by atomic mass is 10.1. The Labute approximate surface area is 177 Å².